The van der Waals surface area contributed by atoms with E-state index >= 15 is 0 Å². The van der Waals surface area contributed by atoms with Crippen LogP contribution < -0.4 is 0 Å². The van der Waals surface area contributed by atoms with Gasteiger partial charge in [0.1, 0.15) is 0 Å². The van der Waals surface area contributed by atoms with Gasteiger partial charge < -0.3 is 4.74 Å². The monoisotopic (exact) mass is 188 g/mol. The zero-order chi connectivity index (χ0) is 10.2. The summed E-state index contributed by atoms with van der Waals surface area (Å²) >= 11 is 0. The van der Waals surface area contributed by atoms with Crippen molar-refractivity contribution in [1.29, 1.82) is 0 Å². The van der Waals surface area contributed by atoms with Crippen LogP contribution in [0.1, 0.15) is 5.56 Å². The smallest absolute Gasteiger partial charge is 0.0717 e. The Hall–Kier alpha value is -1.34. The molecular weight excluding hydrogens is 172 g/mol. The van der Waals surface area contributed by atoms with E-state index in [0.29, 0.717) is 13.2 Å². The van der Waals surface area contributed by atoms with E-state index in [2.05, 4.69) is 25.3 Å². The number of rotatable bonds is 6. The van der Waals surface area contributed by atoms with E-state index in [4.69, 9.17) is 4.74 Å². The number of ether oxygens (including phenoxy) is 1. The average Bonchev–Trinajstić information content (AvgIpc) is 2.26. The van der Waals surface area contributed by atoms with Crippen LogP contribution in [0.15, 0.2) is 55.6 Å². The molecule has 14 heavy (non-hydrogen) atoms. The highest BCUT2D eigenvalue weighted by Gasteiger charge is 1.98. The molecule has 1 rings (SSSR count). The van der Waals surface area contributed by atoms with E-state index < -0.39 is 0 Å². The van der Waals surface area contributed by atoms with Gasteiger partial charge in [-0.3, -0.25) is 0 Å². The Balaban J connectivity index is 2.28. The topological polar surface area (TPSA) is 9.23 Å². The summed E-state index contributed by atoms with van der Waals surface area (Å²) in [4.78, 5) is 0. The molecule has 0 radical (unpaired) electrons. The summed E-state index contributed by atoms with van der Waals surface area (Å²) in [5, 5.41) is 0. The fourth-order valence-electron chi connectivity index (χ4n) is 1.12. The molecule has 0 unspecified atom stereocenters. The van der Waals surface area contributed by atoms with Crippen molar-refractivity contribution in [2.75, 3.05) is 6.61 Å². The standard InChI is InChI=1S/C13H16O/c1-3-12(4-2)10-14-11-13-8-6-5-7-9-13/h3-9,12H,1-2,10-11H2. The normalized spacial score (nSPS) is 10.1. The molecule has 0 atom stereocenters. The van der Waals surface area contributed by atoms with Crippen LogP contribution >= 0.6 is 0 Å². The molecule has 0 aliphatic carbocycles. The minimum Gasteiger partial charge on any atom is -0.376 e. The summed E-state index contributed by atoms with van der Waals surface area (Å²) in [7, 11) is 0. The molecular formula is C13H16O. The first kappa shape index (κ1) is 10.7. The van der Waals surface area contributed by atoms with Crippen molar-refractivity contribution in [3.63, 3.8) is 0 Å². The maximum atomic E-state index is 5.52. The number of benzene rings is 1. The first-order valence-corrected chi connectivity index (χ1v) is 4.73. The van der Waals surface area contributed by atoms with Crippen molar-refractivity contribution in [2.45, 2.75) is 6.61 Å². The Morgan fingerprint density at radius 3 is 2.36 bits per heavy atom. The summed E-state index contributed by atoms with van der Waals surface area (Å²) in [6, 6.07) is 10.1. The Labute approximate surface area is 85.7 Å². The van der Waals surface area contributed by atoms with E-state index in [1.54, 1.807) is 0 Å². The van der Waals surface area contributed by atoms with Crippen LogP contribution in [0.5, 0.6) is 0 Å². The molecule has 0 amide bonds. The fourth-order valence-corrected chi connectivity index (χ4v) is 1.12. The molecule has 1 nitrogen and oxygen atoms in total. The lowest BCUT2D eigenvalue weighted by Crippen LogP contribution is -2.03. The predicted octanol–water partition coefficient (Wildman–Crippen LogP) is 3.19. The Bertz CT molecular complexity index is 269. The quantitative estimate of drug-likeness (QED) is 0.623. The van der Waals surface area contributed by atoms with E-state index in [1.165, 1.54) is 5.56 Å². The summed E-state index contributed by atoms with van der Waals surface area (Å²) < 4.78 is 5.52. The summed E-state index contributed by atoms with van der Waals surface area (Å²) in [5.74, 6) is 0.249. The third kappa shape index (κ3) is 3.58. The SMILES string of the molecule is C=CC(C=C)COCc1ccccc1. The maximum absolute atomic E-state index is 5.52. The van der Waals surface area contributed by atoms with Crippen LogP contribution in [0.25, 0.3) is 0 Å². The minimum atomic E-state index is 0.249. The lowest BCUT2D eigenvalue weighted by atomic mass is 10.1. The molecule has 1 heteroatoms. The number of hydrogen-bond donors (Lipinski definition) is 0. The van der Waals surface area contributed by atoms with Gasteiger partial charge in [0.2, 0.25) is 0 Å². The highest BCUT2D eigenvalue weighted by molar-refractivity contribution is 5.13. The van der Waals surface area contributed by atoms with Crippen LogP contribution in [-0.2, 0) is 11.3 Å². The predicted molar refractivity (Wildman–Crippen MR) is 60.0 cm³/mol. The van der Waals surface area contributed by atoms with Crippen LogP contribution in [0.2, 0.25) is 0 Å². The molecule has 1 aromatic carbocycles. The molecule has 0 aromatic heterocycles. The van der Waals surface area contributed by atoms with Crippen molar-refractivity contribution in [2.24, 2.45) is 5.92 Å². The van der Waals surface area contributed by atoms with E-state index in [0.717, 1.165) is 0 Å². The Morgan fingerprint density at radius 1 is 1.14 bits per heavy atom. The molecule has 0 saturated heterocycles. The van der Waals surface area contributed by atoms with Crippen molar-refractivity contribution in [3.05, 3.63) is 61.2 Å². The third-order valence-electron chi connectivity index (χ3n) is 2.03. The van der Waals surface area contributed by atoms with Gasteiger partial charge in [-0.05, 0) is 5.56 Å². The second-order valence-corrected chi connectivity index (χ2v) is 3.14. The highest BCUT2D eigenvalue weighted by atomic mass is 16.5. The second kappa shape index (κ2) is 6.17. The molecule has 0 aliphatic heterocycles. The van der Waals surface area contributed by atoms with Crippen molar-refractivity contribution in [3.8, 4) is 0 Å². The van der Waals surface area contributed by atoms with Gasteiger partial charge in [0.15, 0.2) is 0 Å². The van der Waals surface area contributed by atoms with Crippen LogP contribution in [0, 0.1) is 5.92 Å². The third-order valence-corrected chi connectivity index (χ3v) is 2.03. The minimum absolute atomic E-state index is 0.249. The summed E-state index contributed by atoms with van der Waals surface area (Å²) in [6.07, 6.45) is 3.69. The lowest BCUT2D eigenvalue weighted by molar-refractivity contribution is 0.110. The van der Waals surface area contributed by atoms with Gasteiger partial charge in [-0.2, -0.15) is 0 Å². The average molecular weight is 188 g/mol. The van der Waals surface area contributed by atoms with Gasteiger partial charge in [0.05, 0.1) is 13.2 Å². The summed E-state index contributed by atoms with van der Waals surface area (Å²) in [6.45, 7) is 8.72. The molecule has 74 valence electrons. The van der Waals surface area contributed by atoms with Gasteiger partial charge in [0, 0.05) is 5.92 Å². The molecule has 1 aromatic rings. The van der Waals surface area contributed by atoms with Crippen molar-refractivity contribution < 1.29 is 4.74 Å². The second-order valence-electron chi connectivity index (χ2n) is 3.14. The first-order valence-electron chi connectivity index (χ1n) is 4.73. The van der Waals surface area contributed by atoms with E-state index in [-0.39, 0.29) is 5.92 Å². The molecule has 0 aliphatic rings. The maximum Gasteiger partial charge on any atom is 0.0717 e. The highest BCUT2D eigenvalue weighted by Crippen LogP contribution is 2.04. The molecule has 0 N–H and O–H groups in total. The molecule has 0 fully saturated rings. The largest absolute Gasteiger partial charge is 0.376 e. The fraction of sp³-hybridized carbons (Fsp3) is 0.231. The Morgan fingerprint density at radius 2 is 1.79 bits per heavy atom. The molecule has 0 bridgehead atoms. The van der Waals surface area contributed by atoms with Crippen LogP contribution in [0.4, 0.5) is 0 Å². The van der Waals surface area contributed by atoms with Crippen LogP contribution in [-0.4, -0.2) is 6.61 Å². The zero-order valence-electron chi connectivity index (χ0n) is 8.36. The molecule has 0 spiro atoms. The Kier molecular flexibility index (Phi) is 4.73. The van der Waals surface area contributed by atoms with Gasteiger partial charge >= 0.3 is 0 Å². The van der Waals surface area contributed by atoms with E-state index in [9.17, 15) is 0 Å². The molecule has 0 saturated carbocycles. The zero-order valence-corrected chi connectivity index (χ0v) is 8.36. The van der Waals surface area contributed by atoms with Gasteiger partial charge in [-0.1, -0.05) is 42.5 Å². The van der Waals surface area contributed by atoms with Gasteiger partial charge in [0.25, 0.3) is 0 Å². The lowest BCUT2D eigenvalue weighted by Gasteiger charge is -2.07. The first-order chi connectivity index (χ1) is 6.86. The van der Waals surface area contributed by atoms with Crippen molar-refractivity contribution in [1.82, 2.24) is 0 Å². The number of hydrogen-bond acceptors (Lipinski definition) is 1. The van der Waals surface area contributed by atoms with Gasteiger partial charge in [-0.15, -0.1) is 13.2 Å². The summed E-state index contributed by atoms with van der Waals surface area (Å²) in [5.41, 5.74) is 1.19. The van der Waals surface area contributed by atoms with Crippen LogP contribution in [0.3, 0.4) is 0 Å². The van der Waals surface area contributed by atoms with Gasteiger partial charge in [-0.25, -0.2) is 0 Å². The van der Waals surface area contributed by atoms with Crippen molar-refractivity contribution >= 4 is 0 Å². The van der Waals surface area contributed by atoms with E-state index in [1.807, 2.05) is 30.4 Å². The molecule has 0 heterocycles.